The summed E-state index contributed by atoms with van der Waals surface area (Å²) in [6.07, 6.45) is -1.09. The van der Waals surface area contributed by atoms with Crippen LogP contribution in [-0.2, 0) is 4.74 Å². The maximum Gasteiger partial charge on any atom is 0.338 e. The number of rotatable bonds is 5. The van der Waals surface area contributed by atoms with Crippen molar-refractivity contribution < 1.29 is 19.2 Å². The normalized spacial score (nSPS) is 14.8. The summed E-state index contributed by atoms with van der Waals surface area (Å²) in [5, 5.41) is 25.6. The highest BCUT2D eigenvalue weighted by Gasteiger charge is 2.33. The van der Waals surface area contributed by atoms with E-state index in [1.54, 1.807) is 50.2 Å². The van der Waals surface area contributed by atoms with Crippen LogP contribution in [0.3, 0.4) is 0 Å². The number of nitrogens with zero attached hydrogens (tertiary/aromatic N) is 4. The minimum absolute atomic E-state index is 0.112. The molecule has 2 aromatic carbocycles. The van der Waals surface area contributed by atoms with E-state index in [-0.39, 0.29) is 17.9 Å². The van der Waals surface area contributed by atoms with Gasteiger partial charge >= 0.3 is 5.97 Å². The maximum absolute atomic E-state index is 11.9. The standard InChI is InChI=1S/C23H19N5O5/c1-3-32-23(29)14-7-9-16(10-8-14)27-22-19(13(2)26-27)20(18(12-24)21(25)33-22)15-5-4-6-17(11-15)28(30)31/h4-11,21H,3,25H2,1-2H3. The number of carbonyl (C=O) groups is 1. The fourth-order valence-corrected chi connectivity index (χ4v) is 3.68. The van der Waals surface area contributed by atoms with Crippen LogP contribution < -0.4 is 10.5 Å². The molecule has 166 valence electrons. The molecular formula is C23H19N5O5. The van der Waals surface area contributed by atoms with Crippen molar-refractivity contribution in [3.05, 3.63) is 86.6 Å². The number of benzene rings is 2. The van der Waals surface area contributed by atoms with E-state index in [9.17, 15) is 20.2 Å². The van der Waals surface area contributed by atoms with Crippen LogP contribution in [0.4, 0.5) is 5.69 Å². The number of carbonyl (C=O) groups excluding carboxylic acids is 1. The van der Waals surface area contributed by atoms with Crippen LogP contribution in [0.15, 0.2) is 54.1 Å². The van der Waals surface area contributed by atoms with Crippen molar-refractivity contribution in [3.8, 4) is 17.6 Å². The van der Waals surface area contributed by atoms with Crippen molar-refractivity contribution in [1.29, 1.82) is 5.26 Å². The minimum Gasteiger partial charge on any atom is -0.462 e. The lowest BCUT2D eigenvalue weighted by Gasteiger charge is -2.24. The van der Waals surface area contributed by atoms with Gasteiger partial charge in [0.05, 0.1) is 39.6 Å². The van der Waals surface area contributed by atoms with Crippen LogP contribution in [0, 0.1) is 28.4 Å². The summed E-state index contributed by atoms with van der Waals surface area (Å²) < 4.78 is 12.4. The molecule has 0 bridgehead atoms. The van der Waals surface area contributed by atoms with Gasteiger partial charge in [-0.05, 0) is 43.7 Å². The first-order valence-electron chi connectivity index (χ1n) is 10.0. The van der Waals surface area contributed by atoms with Crippen molar-refractivity contribution in [2.24, 2.45) is 5.73 Å². The quantitative estimate of drug-likeness (QED) is 0.358. The molecular weight excluding hydrogens is 426 g/mol. The molecule has 2 N–H and O–H groups in total. The number of hydrogen-bond donors (Lipinski definition) is 1. The van der Waals surface area contributed by atoms with Gasteiger partial charge in [-0.25, -0.2) is 9.48 Å². The third kappa shape index (κ3) is 3.81. The van der Waals surface area contributed by atoms with Crippen molar-refractivity contribution in [3.63, 3.8) is 0 Å². The van der Waals surface area contributed by atoms with E-state index in [0.717, 1.165) is 0 Å². The Kier molecular flexibility index (Phi) is 5.64. The van der Waals surface area contributed by atoms with Crippen LogP contribution in [-0.4, -0.2) is 33.5 Å². The van der Waals surface area contributed by atoms with Gasteiger partial charge in [0.15, 0.2) is 6.23 Å². The van der Waals surface area contributed by atoms with E-state index in [2.05, 4.69) is 11.2 Å². The second kappa shape index (κ2) is 8.57. The van der Waals surface area contributed by atoms with Crippen molar-refractivity contribution in [1.82, 2.24) is 9.78 Å². The molecule has 10 heteroatoms. The number of nitriles is 1. The molecule has 0 saturated carbocycles. The lowest BCUT2D eigenvalue weighted by molar-refractivity contribution is -0.384. The van der Waals surface area contributed by atoms with Gasteiger partial charge < -0.3 is 9.47 Å². The number of aromatic nitrogens is 2. The predicted octanol–water partition coefficient (Wildman–Crippen LogP) is 3.27. The molecule has 33 heavy (non-hydrogen) atoms. The first kappa shape index (κ1) is 21.7. The Morgan fingerprint density at radius 1 is 1.33 bits per heavy atom. The third-order valence-corrected chi connectivity index (χ3v) is 5.15. The number of aryl methyl sites for hydroxylation is 1. The van der Waals surface area contributed by atoms with E-state index in [0.29, 0.717) is 39.5 Å². The monoisotopic (exact) mass is 445 g/mol. The van der Waals surface area contributed by atoms with Gasteiger partial charge in [0.2, 0.25) is 5.88 Å². The van der Waals surface area contributed by atoms with Crippen LogP contribution >= 0.6 is 0 Å². The molecule has 1 aliphatic rings. The fraction of sp³-hybridized carbons (Fsp3) is 0.174. The van der Waals surface area contributed by atoms with Gasteiger partial charge in [-0.2, -0.15) is 10.4 Å². The number of ether oxygens (including phenoxy) is 2. The van der Waals surface area contributed by atoms with Crippen molar-refractivity contribution in [2.45, 2.75) is 20.1 Å². The smallest absolute Gasteiger partial charge is 0.338 e. The zero-order valence-electron chi connectivity index (χ0n) is 17.8. The molecule has 1 aliphatic heterocycles. The second-order valence-corrected chi connectivity index (χ2v) is 7.19. The molecule has 0 spiro atoms. The fourth-order valence-electron chi connectivity index (χ4n) is 3.68. The number of esters is 1. The van der Waals surface area contributed by atoms with Crippen LogP contribution in [0.2, 0.25) is 0 Å². The average Bonchev–Trinajstić information content (AvgIpc) is 3.14. The summed E-state index contributed by atoms with van der Waals surface area (Å²) in [5.74, 6) is -0.139. The zero-order chi connectivity index (χ0) is 23.7. The topological polar surface area (TPSA) is 146 Å². The minimum atomic E-state index is -1.09. The van der Waals surface area contributed by atoms with E-state index in [4.69, 9.17) is 15.2 Å². The van der Waals surface area contributed by atoms with Crippen LogP contribution in [0.25, 0.3) is 11.3 Å². The number of nitro benzene ring substituents is 1. The molecule has 0 fully saturated rings. The van der Waals surface area contributed by atoms with E-state index in [1.807, 2.05) is 0 Å². The highest BCUT2D eigenvalue weighted by Crippen LogP contribution is 2.42. The number of fused-ring (bicyclic) bond motifs is 1. The molecule has 1 aromatic heterocycles. The van der Waals surface area contributed by atoms with Crippen LogP contribution in [0.5, 0.6) is 5.88 Å². The summed E-state index contributed by atoms with van der Waals surface area (Å²) in [6.45, 7) is 3.74. The largest absolute Gasteiger partial charge is 0.462 e. The van der Waals surface area contributed by atoms with Gasteiger partial charge in [-0.3, -0.25) is 15.8 Å². The van der Waals surface area contributed by atoms with Gasteiger partial charge in [-0.1, -0.05) is 12.1 Å². The third-order valence-electron chi connectivity index (χ3n) is 5.15. The van der Waals surface area contributed by atoms with Crippen molar-refractivity contribution >= 4 is 17.2 Å². The molecule has 1 unspecified atom stereocenters. The number of non-ortho nitro benzene ring substituents is 1. The SMILES string of the molecule is CCOC(=O)c1ccc(-n2nc(C)c3c2OC(N)C(C#N)=C3c2cccc([N+](=O)[O-])c2)cc1. The second-order valence-electron chi connectivity index (χ2n) is 7.19. The summed E-state index contributed by atoms with van der Waals surface area (Å²) in [5.41, 5.74) is 9.11. The summed E-state index contributed by atoms with van der Waals surface area (Å²) >= 11 is 0. The maximum atomic E-state index is 11.9. The van der Waals surface area contributed by atoms with Crippen LogP contribution in [0.1, 0.15) is 34.1 Å². The number of nitro groups is 1. The van der Waals surface area contributed by atoms with Gasteiger partial charge in [-0.15, -0.1) is 0 Å². The van der Waals surface area contributed by atoms with Gasteiger partial charge in [0.25, 0.3) is 5.69 Å². The van der Waals surface area contributed by atoms with Gasteiger partial charge in [0.1, 0.15) is 6.07 Å². The zero-order valence-corrected chi connectivity index (χ0v) is 17.8. The van der Waals surface area contributed by atoms with E-state index in [1.165, 1.54) is 16.8 Å². The molecule has 3 aromatic rings. The molecule has 2 heterocycles. The predicted molar refractivity (Wildman–Crippen MR) is 118 cm³/mol. The molecule has 0 amide bonds. The lowest BCUT2D eigenvalue weighted by atomic mass is 9.91. The number of hydrogen-bond acceptors (Lipinski definition) is 8. The van der Waals surface area contributed by atoms with Gasteiger partial charge in [0, 0.05) is 17.7 Å². The molecule has 0 radical (unpaired) electrons. The molecule has 0 saturated heterocycles. The molecule has 4 rings (SSSR count). The molecule has 10 nitrogen and oxygen atoms in total. The Balaban J connectivity index is 1.86. The Morgan fingerprint density at radius 3 is 2.70 bits per heavy atom. The van der Waals surface area contributed by atoms with E-state index < -0.39 is 17.1 Å². The highest BCUT2D eigenvalue weighted by molar-refractivity contribution is 5.90. The molecule has 0 aliphatic carbocycles. The average molecular weight is 445 g/mol. The summed E-state index contributed by atoms with van der Waals surface area (Å²) in [7, 11) is 0. The first-order chi connectivity index (χ1) is 15.8. The Morgan fingerprint density at radius 2 is 2.06 bits per heavy atom. The Hall–Kier alpha value is -4.49. The summed E-state index contributed by atoms with van der Waals surface area (Å²) in [4.78, 5) is 22.7. The van der Waals surface area contributed by atoms with E-state index >= 15 is 0 Å². The van der Waals surface area contributed by atoms with Crippen molar-refractivity contribution in [2.75, 3.05) is 6.61 Å². The Bertz CT molecular complexity index is 1330. The highest BCUT2D eigenvalue weighted by atomic mass is 16.6. The molecule has 1 atom stereocenters. The lowest BCUT2D eigenvalue weighted by Crippen LogP contribution is -2.33. The summed E-state index contributed by atoms with van der Waals surface area (Å²) in [6, 6.07) is 14.6. The Labute approximate surface area is 188 Å². The first-order valence-corrected chi connectivity index (χ1v) is 10.0. The number of nitrogens with two attached hydrogens (primary N) is 1.